The zero-order chi connectivity index (χ0) is 22.9. The van der Waals surface area contributed by atoms with Gasteiger partial charge >= 0.3 is 0 Å². The molecule has 1 saturated carbocycles. The Morgan fingerprint density at radius 2 is 1.81 bits per heavy atom. The highest BCUT2D eigenvalue weighted by Crippen LogP contribution is 2.45. The molecule has 1 aromatic heterocycles. The molecule has 5 nitrogen and oxygen atoms in total. The van der Waals surface area contributed by atoms with Crippen LogP contribution in [0.3, 0.4) is 0 Å². The molecular weight excluding hydrogens is 398 g/mol. The van der Waals surface area contributed by atoms with Crippen molar-refractivity contribution in [3.05, 3.63) is 59.8 Å². The Kier molecular flexibility index (Phi) is 6.42. The third-order valence-corrected chi connectivity index (χ3v) is 7.12. The van der Waals surface area contributed by atoms with Crippen LogP contribution in [0, 0.1) is 17.3 Å². The van der Waals surface area contributed by atoms with Crippen LogP contribution in [0.5, 0.6) is 0 Å². The lowest BCUT2D eigenvalue weighted by atomic mass is 9.91. The van der Waals surface area contributed by atoms with Gasteiger partial charge in [-0.2, -0.15) is 0 Å². The molecule has 2 N–H and O–H groups in total. The van der Waals surface area contributed by atoms with Crippen molar-refractivity contribution >= 4 is 11.7 Å². The molecule has 4 rings (SSSR count). The van der Waals surface area contributed by atoms with Crippen molar-refractivity contribution in [2.75, 3.05) is 25.0 Å². The first-order chi connectivity index (χ1) is 15.1. The number of rotatable bonds is 6. The number of benzene rings is 1. The Morgan fingerprint density at radius 3 is 2.38 bits per heavy atom. The highest BCUT2D eigenvalue weighted by atomic mass is 16.3. The van der Waals surface area contributed by atoms with Crippen molar-refractivity contribution in [1.82, 2.24) is 9.88 Å². The third kappa shape index (κ3) is 5.38. The van der Waals surface area contributed by atoms with Crippen LogP contribution in [0.25, 0.3) is 0 Å². The molecule has 1 amide bonds. The van der Waals surface area contributed by atoms with E-state index < -0.39 is 11.0 Å². The number of aliphatic hydroxyl groups is 1. The number of anilines is 1. The summed E-state index contributed by atoms with van der Waals surface area (Å²) in [4.78, 5) is 19.2. The summed E-state index contributed by atoms with van der Waals surface area (Å²) < 4.78 is 0. The van der Waals surface area contributed by atoms with Crippen LogP contribution < -0.4 is 5.32 Å². The highest BCUT2D eigenvalue weighted by molar-refractivity contribution is 5.93. The molecule has 2 fully saturated rings. The quantitative estimate of drug-likeness (QED) is 0.702. The first kappa shape index (κ1) is 22.9. The van der Waals surface area contributed by atoms with Gasteiger partial charge in [0, 0.05) is 37.7 Å². The van der Waals surface area contributed by atoms with Gasteiger partial charge in [-0.25, -0.2) is 4.98 Å². The lowest BCUT2D eigenvalue weighted by Crippen LogP contribution is -2.33. The number of likely N-dealkylation sites (tertiary alicyclic amines) is 1. The van der Waals surface area contributed by atoms with Crippen molar-refractivity contribution < 1.29 is 9.90 Å². The van der Waals surface area contributed by atoms with Crippen molar-refractivity contribution in [1.29, 1.82) is 0 Å². The second kappa shape index (κ2) is 8.95. The maximum Gasteiger partial charge on any atom is 0.230 e. The van der Waals surface area contributed by atoms with E-state index in [4.69, 9.17) is 0 Å². The summed E-state index contributed by atoms with van der Waals surface area (Å²) in [5, 5.41) is 14.1. The standard InChI is InChI=1S/C27H37N3O2/c1-19(21-10-11-24(28-15-21)29-25(31)26(2,3)4)16-30-17-22-13-27(32,14-23(22)18-30)12-20-8-6-5-7-9-20/h5-11,15,19,22-23,32H,12-14,16-18H2,1-4H3,(H,28,29,31)/t19?,22-,23?,27?/m1/s1. The number of carbonyl (C=O) groups is 1. The number of carbonyl (C=O) groups excluding carboxylic acids is 1. The molecule has 32 heavy (non-hydrogen) atoms. The van der Waals surface area contributed by atoms with Gasteiger partial charge in [-0.05, 0) is 47.8 Å². The van der Waals surface area contributed by atoms with Crippen LogP contribution in [-0.2, 0) is 11.2 Å². The molecule has 0 bridgehead atoms. The number of aromatic nitrogens is 1. The molecule has 172 valence electrons. The Labute approximate surface area is 192 Å². The number of hydrogen-bond acceptors (Lipinski definition) is 4. The molecule has 2 aliphatic rings. The van der Waals surface area contributed by atoms with Crippen molar-refractivity contribution in [2.24, 2.45) is 17.3 Å². The van der Waals surface area contributed by atoms with Crippen LogP contribution in [0.1, 0.15) is 57.6 Å². The molecule has 3 unspecified atom stereocenters. The number of fused-ring (bicyclic) bond motifs is 1. The second-order valence-corrected chi connectivity index (χ2v) is 11.1. The fourth-order valence-electron chi connectivity index (χ4n) is 5.39. The molecule has 2 aromatic rings. The summed E-state index contributed by atoms with van der Waals surface area (Å²) in [5.74, 6) is 2.13. The van der Waals surface area contributed by atoms with Crippen LogP contribution in [0.4, 0.5) is 5.82 Å². The zero-order valence-corrected chi connectivity index (χ0v) is 19.8. The minimum absolute atomic E-state index is 0.0263. The lowest BCUT2D eigenvalue weighted by molar-refractivity contribution is -0.123. The van der Waals surface area contributed by atoms with E-state index in [-0.39, 0.29) is 5.91 Å². The third-order valence-electron chi connectivity index (χ3n) is 7.12. The van der Waals surface area contributed by atoms with Crippen molar-refractivity contribution in [2.45, 2.75) is 58.5 Å². The van der Waals surface area contributed by atoms with Gasteiger partial charge in [-0.3, -0.25) is 4.79 Å². The molecule has 0 spiro atoms. The Balaban J connectivity index is 1.28. The molecule has 2 heterocycles. The fraction of sp³-hybridized carbons (Fsp3) is 0.556. The second-order valence-electron chi connectivity index (χ2n) is 11.1. The molecule has 1 saturated heterocycles. The minimum Gasteiger partial charge on any atom is -0.390 e. The molecule has 1 aliphatic heterocycles. The Bertz CT molecular complexity index is 906. The maximum atomic E-state index is 12.2. The van der Waals surface area contributed by atoms with Crippen molar-refractivity contribution in [3.8, 4) is 0 Å². The van der Waals surface area contributed by atoms with Gasteiger partial charge < -0.3 is 15.3 Å². The average Bonchev–Trinajstić information content (AvgIpc) is 3.22. The smallest absolute Gasteiger partial charge is 0.230 e. The largest absolute Gasteiger partial charge is 0.390 e. The summed E-state index contributed by atoms with van der Waals surface area (Å²) >= 11 is 0. The number of nitrogens with zero attached hydrogens (tertiary/aromatic N) is 2. The van der Waals surface area contributed by atoms with E-state index in [1.165, 1.54) is 11.1 Å². The van der Waals surface area contributed by atoms with Crippen LogP contribution in [0.2, 0.25) is 0 Å². The Hall–Kier alpha value is -2.24. The summed E-state index contributed by atoms with van der Waals surface area (Å²) in [6.45, 7) is 11.1. The van der Waals surface area contributed by atoms with E-state index in [1.807, 2.05) is 39.1 Å². The molecule has 0 radical (unpaired) electrons. The summed E-state index contributed by atoms with van der Waals surface area (Å²) in [6, 6.07) is 14.3. The lowest BCUT2D eigenvalue weighted by Gasteiger charge is -2.27. The van der Waals surface area contributed by atoms with Crippen molar-refractivity contribution in [3.63, 3.8) is 0 Å². The zero-order valence-electron chi connectivity index (χ0n) is 19.8. The molecular formula is C27H37N3O2. The predicted octanol–water partition coefficient (Wildman–Crippen LogP) is 4.49. The predicted molar refractivity (Wildman–Crippen MR) is 128 cm³/mol. The summed E-state index contributed by atoms with van der Waals surface area (Å²) in [5.41, 5.74) is 1.44. The molecule has 4 atom stereocenters. The first-order valence-corrected chi connectivity index (χ1v) is 11.9. The van der Waals surface area contributed by atoms with Gasteiger partial charge in [0.05, 0.1) is 5.60 Å². The molecule has 1 aliphatic carbocycles. The summed E-state index contributed by atoms with van der Waals surface area (Å²) in [6.07, 6.45) is 4.46. The van der Waals surface area contributed by atoms with Gasteiger partial charge in [0.2, 0.25) is 5.91 Å². The van der Waals surface area contributed by atoms with Gasteiger partial charge in [0.25, 0.3) is 0 Å². The van der Waals surface area contributed by atoms with Gasteiger partial charge in [0.15, 0.2) is 0 Å². The fourth-order valence-corrected chi connectivity index (χ4v) is 5.39. The molecule has 5 heteroatoms. The van der Waals surface area contributed by atoms with E-state index in [9.17, 15) is 9.90 Å². The van der Waals surface area contributed by atoms with E-state index in [0.717, 1.165) is 38.9 Å². The van der Waals surface area contributed by atoms with Crippen LogP contribution >= 0.6 is 0 Å². The van der Waals surface area contributed by atoms with E-state index in [0.29, 0.717) is 23.6 Å². The maximum absolute atomic E-state index is 12.2. The van der Waals surface area contributed by atoms with Gasteiger partial charge in [-0.15, -0.1) is 0 Å². The Morgan fingerprint density at radius 1 is 1.16 bits per heavy atom. The van der Waals surface area contributed by atoms with E-state index >= 15 is 0 Å². The number of nitrogens with one attached hydrogen (secondary N) is 1. The number of pyridine rings is 1. The van der Waals surface area contributed by atoms with Gasteiger partial charge in [0.1, 0.15) is 5.82 Å². The highest BCUT2D eigenvalue weighted by Gasteiger charge is 2.48. The normalized spacial score (nSPS) is 26.7. The monoisotopic (exact) mass is 435 g/mol. The number of amides is 1. The number of hydrogen-bond donors (Lipinski definition) is 2. The summed E-state index contributed by atoms with van der Waals surface area (Å²) in [7, 11) is 0. The van der Waals surface area contributed by atoms with Crippen LogP contribution in [-0.4, -0.2) is 46.1 Å². The minimum atomic E-state index is -0.550. The first-order valence-electron chi connectivity index (χ1n) is 11.9. The topological polar surface area (TPSA) is 65.5 Å². The van der Waals surface area contributed by atoms with Gasteiger partial charge in [-0.1, -0.05) is 64.1 Å². The SMILES string of the molecule is CC(CN1CC2CC(O)(Cc3ccccc3)C[C@@H]2C1)c1ccc(NC(=O)C(C)(C)C)nc1. The van der Waals surface area contributed by atoms with E-state index in [1.54, 1.807) is 0 Å². The average molecular weight is 436 g/mol. The van der Waals surface area contributed by atoms with E-state index in [2.05, 4.69) is 52.5 Å². The van der Waals surface area contributed by atoms with Crippen LogP contribution in [0.15, 0.2) is 48.7 Å². The molecule has 1 aromatic carbocycles.